The molecule has 0 spiro atoms. The molecule has 1 fully saturated rings. The zero-order valence-electron chi connectivity index (χ0n) is 14.5. The molecular formula is C21H26FNS. The summed E-state index contributed by atoms with van der Waals surface area (Å²) in [6.45, 7) is 0. The van der Waals surface area contributed by atoms with Crippen LogP contribution in [-0.4, -0.2) is 25.0 Å². The van der Waals surface area contributed by atoms with Gasteiger partial charge in [0.05, 0.1) is 0 Å². The fourth-order valence-corrected chi connectivity index (χ4v) is 4.59. The van der Waals surface area contributed by atoms with E-state index in [4.69, 9.17) is 0 Å². The minimum Gasteiger partial charge on any atom is -0.306 e. The van der Waals surface area contributed by atoms with E-state index in [1.807, 2.05) is 24.3 Å². The number of benzene rings is 2. The van der Waals surface area contributed by atoms with Gasteiger partial charge in [0, 0.05) is 16.7 Å². The fraction of sp³-hybridized carbons (Fsp3) is 0.429. The van der Waals surface area contributed by atoms with Gasteiger partial charge in [0.25, 0.3) is 0 Å². The van der Waals surface area contributed by atoms with Gasteiger partial charge in [-0.1, -0.05) is 49.2 Å². The Labute approximate surface area is 149 Å². The summed E-state index contributed by atoms with van der Waals surface area (Å²) in [6.07, 6.45) is 4.91. The Morgan fingerprint density at radius 3 is 2.50 bits per heavy atom. The van der Waals surface area contributed by atoms with Crippen LogP contribution in [0.4, 0.5) is 4.39 Å². The first-order chi connectivity index (χ1) is 11.6. The number of nitrogens with zero attached hydrogens (tertiary/aromatic N) is 1. The average Bonchev–Trinajstić information content (AvgIpc) is 2.61. The second-order valence-corrected chi connectivity index (χ2v) is 7.90. The summed E-state index contributed by atoms with van der Waals surface area (Å²) in [6, 6.07) is 16.7. The Balaban J connectivity index is 1.72. The Bertz CT molecular complexity index is 656. The predicted molar refractivity (Wildman–Crippen MR) is 101 cm³/mol. The molecule has 0 amide bonds. The van der Waals surface area contributed by atoms with Crippen molar-refractivity contribution in [2.24, 2.45) is 0 Å². The molecule has 3 heteroatoms. The van der Waals surface area contributed by atoms with E-state index >= 15 is 0 Å². The molecule has 0 saturated heterocycles. The first-order valence-electron chi connectivity index (χ1n) is 8.78. The Morgan fingerprint density at radius 1 is 1.04 bits per heavy atom. The summed E-state index contributed by atoms with van der Waals surface area (Å²) in [7, 11) is 4.28. The standard InChI is InChI=1S/C21H26FNS/c1-23(2)20-11-7-6-10-18(20)17-12-13-21(19(22)14-17)24-15-16-8-4-3-5-9-16/h3-5,8-9,12-14,18,20H,6-7,10-11,15H2,1-2H3/t18-,20+/m0/s1. The first-order valence-corrected chi connectivity index (χ1v) is 9.76. The largest absolute Gasteiger partial charge is 0.306 e. The summed E-state index contributed by atoms with van der Waals surface area (Å²) in [5, 5.41) is 0. The lowest BCUT2D eigenvalue weighted by Crippen LogP contribution is -2.36. The topological polar surface area (TPSA) is 3.24 Å². The van der Waals surface area contributed by atoms with E-state index in [1.54, 1.807) is 17.8 Å². The quantitative estimate of drug-likeness (QED) is 0.640. The third kappa shape index (κ3) is 4.20. The Kier molecular flexibility index (Phi) is 5.96. The molecule has 3 rings (SSSR count). The molecule has 1 aliphatic carbocycles. The molecule has 0 radical (unpaired) electrons. The van der Waals surface area contributed by atoms with E-state index in [9.17, 15) is 4.39 Å². The van der Waals surface area contributed by atoms with Crippen molar-refractivity contribution in [1.29, 1.82) is 0 Å². The smallest absolute Gasteiger partial charge is 0.137 e. The van der Waals surface area contributed by atoms with Gasteiger partial charge in [-0.15, -0.1) is 11.8 Å². The molecular weight excluding hydrogens is 317 g/mol. The second kappa shape index (κ2) is 8.17. The number of hydrogen-bond acceptors (Lipinski definition) is 2. The van der Waals surface area contributed by atoms with Crippen LogP contribution in [0.3, 0.4) is 0 Å². The van der Waals surface area contributed by atoms with Crippen molar-refractivity contribution in [2.75, 3.05) is 14.1 Å². The zero-order chi connectivity index (χ0) is 16.9. The van der Waals surface area contributed by atoms with Crippen LogP contribution in [0.2, 0.25) is 0 Å². The van der Waals surface area contributed by atoms with Crippen LogP contribution in [0.15, 0.2) is 53.4 Å². The maximum atomic E-state index is 14.6. The summed E-state index contributed by atoms with van der Waals surface area (Å²) in [5.41, 5.74) is 2.39. The maximum Gasteiger partial charge on any atom is 0.137 e. The molecule has 2 atom stereocenters. The second-order valence-electron chi connectivity index (χ2n) is 6.89. The van der Waals surface area contributed by atoms with E-state index in [2.05, 4.69) is 37.2 Å². The highest BCUT2D eigenvalue weighted by Gasteiger charge is 2.28. The molecule has 0 bridgehead atoms. The van der Waals surface area contributed by atoms with Crippen LogP contribution in [0, 0.1) is 5.82 Å². The molecule has 0 aromatic heterocycles. The van der Waals surface area contributed by atoms with E-state index in [0.717, 1.165) is 16.2 Å². The van der Waals surface area contributed by atoms with Gasteiger partial charge in [-0.25, -0.2) is 4.39 Å². The lowest BCUT2D eigenvalue weighted by Gasteiger charge is -2.36. The van der Waals surface area contributed by atoms with E-state index < -0.39 is 0 Å². The molecule has 0 unspecified atom stereocenters. The number of hydrogen-bond donors (Lipinski definition) is 0. The number of halogens is 1. The van der Waals surface area contributed by atoms with Crippen LogP contribution < -0.4 is 0 Å². The van der Waals surface area contributed by atoms with Gasteiger partial charge < -0.3 is 4.90 Å². The van der Waals surface area contributed by atoms with Crippen LogP contribution in [0.25, 0.3) is 0 Å². The third-order valence-corrected chi connectivity index (χ3v) is 6.13. The van der Waals surface area contributed by atoms with Crippen molar-refractivity contribution in [3.8, 4) is 0 Å². The molecule has 0 aliphatic heterocycles. The lowest BCUT2D eigenvalue weighted by molar-refractivity contribution is 0.199. The van der Waals surface area contributed by atoms with Gasteiger partial charge in [-0.05, 0) is 56.1 Å². The van der Waals surface area contributed by atoms with E-state index in [1.165, 1.54) is 31.2 Å². The van der Waals surface area contributed by atoms with Crippen LogP contribution in [0.5, 0.6) is 0 Å². The molecule has 1 nitrogen and oxygen atoms in total. The van der Waals surface area contributed by atoms with Gasteiger partial charge in [-0.3, -0.25) is 0 Å². The van der Waals surface area contributed by atoms with Gasteiger partial charge in [0.2, 0.25) is 0 Å². The van der Waals surface area contributed by atoms with Crippen molar-refractivity contribution in [2.45, 2.75) is 48.3 Å². The number of thioether (sulfide) groups is 1. The highest BCUT2D eigenvalue weighted by molar-refractivity contribution is 7.98. The minimum atomic E-state index is -0.0727. The maximum absolute atomic E-state index is 14.6. The van der Waals surface area contributed by atoms with E-state index in [-0.39, 0.29) is 5.82 Å². The lowest BCUT2D eigenvalue weighted by atomic mass is 9.79. The molecule has 128 valence electrons. The first kappa shape index (κ1) is 17.5. The zero-order valence-corrected chi connectivity index (χ0v) is 15.4. The van der Waals surface area contributed by atoms with Gasteiger partial charge in [-0.2, -0.15) is 0 Å². The molecule has 0 N–H and O–H groups in total. The minimum absolute atomic E-state index is 0.0727. The third-order valence-electron chi connectivity index (χ3n) is 5.01. The SMILES string of the molecule is CN(C)[C@@H]1CCCC[C@H]1c1ccc(SCc2ccccc2)c(F)c1. The van der Waals surface area contributed by atoms with Crippen molar-refractivity contribution in [3.63, 3.8) is 0 Å². The molecule has 0 heterocycles. The van der Waals surface area contributed by atoms with Crippen LogP contribution in [-0.2, 0) is 5.75 Å². The Hall–Kier alpha value is -1.32. The summed E-state index contributed by atoms with van der Waals surface area (Å²) >= 11 is 1.58. The molecule has 1 aliphatic rings. The highest BCUT2D eigenvalue weighted by Crippen LogP contribution is 2.37. The number of rotatable bonds is 5. The normalized spacial score (nSPS) is 21.2. The Morgan fingerprint density at radius 2 is 1.79 bits per heavy atom. The summed E-state index contributed by atoms with van der Waals surface area (Å²) < 4.78 is 14.6. The van der Waals surface area contributed by atoms with Crippen molar-refractivity contribution in [1.82, 2.24) is 4.90 Å². The summed E-state index contributed by atoms with van der Waals surface area (Å²) in [5.74, 6) is 1.19. The fourth-order valence-electron chi connectivity index (χ4n) is 3.72. The van der Waals surface area contributed by atoms with Crippen molar-refractivity contribution < 1.29 is 4.39 Å². The molecule has 1 saturated carbocycles. The average molecular weight is 344 g/mol. The predicted octanol–water partition coefficient (Wildman–Crippen LogP) is 5.71. The molecule has 24 heavy (non-hydrogen) atoms. The van der Waals surface area contributed by atoms with Crippen molar-refractivity contribution >= 4 is 11.8 Å². The summed E-state index contributed by atoms with van der Waals surface area (Å²) in [4.78, 5) is 3.06. The van der Waals surface area contributed by atoms with Gasteiger partial charge in [0.1, 0.15) is 5.82 Å². The van der Waals surface area contributed by atoms with Gasteiger partial charge >= 0.3 is 0 Å². The van der Waals surface area contributed by atoms with E-state index in [0.29, 0.717) is 12.0 Å². The van der Waals surface area contributed by atoms with Crippen LogP contribution >= 0.6 is 11.8 Å². The van der Waals surface area contributed by atoms with Gasteiger partial charge in [0.15, 0.2) is 0 Å². The molecule has 2 aromatic rings. The monoisotopic (exact) mass is 343 g/mol. The highest BCUT2D eigenvalue weighted by atomic mass is 32.2. The van der Waals surface area contributed by atoms with Crippen molar-refractivity contribution in [3.05, 3.63) is 65.5 Å². The van der Waals surface area contributed by atoms with Crippen LogP contribution in [0.1, 0.15) is 42.7 Å². The molecule has 2 aromatic carbocycles. The number of likely N-dealkylation sites (N-methyl/N-ethyl adjacent to an activating group) is 1.